The van der Waals surface area contributed by atoms with Crippen molar-refractivity contribution in [3.05, 3.63) is 53.1 Å². The Balaban J connectivity index is 1.44. The highest BCUT2D eigenvalue weighted by Crippen LogP contribution is 2.28. The van der Waals surface area contributed by atoms with Gasteiger partial charge in [-0.15, -0.1) is 0 Å². The number of amides is 2. The van der Waals surface area contributed by atoms with Crippen LogP contribution in [0.3, 0.4) is 0 Å². The van der Waals surface area contributed by atoms with E-state index < -0.39 is 0 Å². The van der Waals surface area contributed by atoms with Crippen LogP contribution < -0.4 is 19.5 Å². The van der Waals surface area contributed by atoms with Crippen LogP contribution in [0, 0.1) is 13.8 Å². The molecule has 2 amide bonds. The molecule has 1 N–H and O–H groups in total. The van der Waals surface area contributed by atoms with Crippen LogP contribution >= 0.6 is 0 Å². The third-order valence-corrected chi connectivity index (χ3v) is 5.93. The second kappa shape index (κ2) is 10.9. The molecule has 0 spiro atoms. The predicted molar refractivity (Wildman–Crippen MR) is 122 cm³/mol. The van der Waals surface area contributed by atoms with Gasteiger partial charge in [-0.05, 0) is 61.6 Å². The lowest BCUT2D eigenvalue weighted by Gasteiger charge is -2.32. The largest absolute Gasteiger partial charge is 0.493 e. The van der Waals surface area contributed by atoms with Crippen LogP contribution in [-0.2, 0) is 16.0 Å². The van der Waals surface area contributed by atoms with Crippen LogP contribution in [0.15, 0.2) is 36.4 Å². The SMILES string of the molecule is COc1ccc(CC(=O)N2CCC(NC(=O)COc3cccc(C)c3C)CC2)cc1OC. The van der Waals surface area contributed by atoms with E-state index in [1.807, 2.05) is 55.1 Å². The van der Waals surface area contributed by atoms with Gasteiger partial charge in [0.15, 0.2) is 18.1 Å². The third-order valence-electron chi connectivity index (χ3n) is 5.93. The molecule has 1 fully saturated rings. The summed E-state index contributed by atoms with van der Waals surface area (Å²) < 4.78 is 16.2. The van der Waals surface area contributed by atoms with Crippen molar-refractivity contribution in [1.82, 2.24) is 10.2 Å². The molecule has 2 aromatic carbocycles. The second-order valence-corrected chi connectivity index (χ2v) is 8.08. The zero-order chi connectivity index (χ0) is 23.1. The molecule has 7 heteroatoms. The highest BCUT2D eigenvalue weighted by atomic mass is 16.5. The molecule has 0 bridgehead atoms. The monoisotopic (exact) mass is 440 g/mol. The van der Waals surface area contributed by atoms with Crippen molar-refractivity contribution >= 4 is 11.8 Å². The van der Waals surface area contributed by atoms with Crippen molar-refractivity contribution in [1.29, 1.82) is 0 Å². The van der Waals surface area contributed by atoms with E-state index in [4.69, 9.17) is 14.2 Å². The molecule has 0 aliphatic carbocycles. The summed E-state index contributed by atoms with van der Waals surface area (Å²) >= 11 is 0. The number of likely N-dealkylation sites (tertiary alicyclic amines) is 1. The smallest absolute Gasteiger partial charge is 0.258 e. The van der Waals surface area contributed by atoms with Crippen LogP contribution in [0.1, 0.15) is 29.5 Å². The Hall–Kier alpha value is -3.22. The molecular formula is C25H32N2O5. The van der Waals surface area contributed by atoms with E-state index in [0.29, 0.717) is 31.0 Å². The van der Waals surface area contributed by atoms with Gasteiger partial charge in [0.2, 0.25) is 5.91 Å². The van der Waals surface area contributed by atoms with Gasteiger partial charge >= 0.3 is 0 Å². The minimum absolute atomic E-state index is 0.0112. The van der Waals surface area contributed by atoms with Gasteiger partial charge in [-0.2, -0.15) is 0 Å². The quantitative estimate of drug-likeness (QED) is 0.683. The highest BCUT2D eigenvalue weighted by Gasteiger charge is 2.24. The average Bonchev–Trinajstić information content (AvgIpc) is 2.80. The molecule has 0 aromatic heterocycles. The second-order valence-electron chi connectivity index (χ2n) is 8.08. The van der Waals surface area contributed by atoms with Crippen molar-refractivity contribution in [3.8, 4) is 17.2 Å². The van der Waals surface area contributed by atoms with Gasteiger partial charge in [-0.3, -0.25) is 9.59 Å². The summed E-state index contributed by atoms with van der Waals surface area (Å²) in [6.45, 7) is 5.23. The maximum absolute atomic E-state index is 12.7. The minimum Gasteiger partial charge on any atom is -0.493 e. The maximum atomic E-state index is 12.7. The van der Waals surface area contributed by atoms with Crippen LogP contribution in [0.2, 0.25) is 0 Å². The van der Waals surface area contributed by atoms with E-state index in [1.54, 1.807) is 14.2 Å². The first-order chi connectivity index (χ1) is 15.4. The van der Waals surface area contributed by atoms with Gasteiger partial charge in [-0.1, -0.05) is 18.2 Å². The van der Waals surface area contributed by atoms with Gasteiger partial charge in [0.05, 0.1) is 20.6 Å². The Kier molecular flexibility index (Phi) is 7.98. The fraction of sp³-hybridized carbons (Fsp3) is 0.440. The number of piperidine rings is 1. The molecule has 2 aromatic rings. The van der Waals surface area contributed by atoms with Crippen molar-refractivity contribution < 1.29 is 23.8 Å². The van der Waals surface area contributed by atoms with E-state index in [0.717, 1.165) is 35.3 Å². The summed E-state index contributed by atoms with van der Waals surface area (Å²) in [5.41, 5.74) is 3.06. The molecule has 1 aliphatic rings. The first-order valence-electron chi connectivity index (χ1n) is 10.9. The van der Waals surface area contributed by atoms with E-state index in [-0.39, 0.29) is 24.5 Å². The molecule has 7 nitrogen and oxygen atoms in total. The Labute approximate surface area is 189 Å². The first kappa shape index (κ1) is 23.4. The molecule has 172 valence electrons. The maximum Gasteiger partial charge on any atom is 0.258 e. The fourth-order valence-electron chi connectivity index (χ4n) is 3.84. The molecule has 1 aliphatic heterocycles. The fourth-order valence-corrected chi connectivity index (χ4v) is 3.84. The molecule has 0 radical (unpaired) electrons. The van der Waals surface area contributed by atoms with Gasteiger partial charge in [0, 0.05) is 19.1 Å². The molecular weight excluding hydrogens is 408 g/mol. The summed E-state index contributed by atoms with van der Waals surface area (Å²) in [7, 11) is 3.16. The topological polar surface area (TPSA) is 77.1 Å². The number of nitrogens with zero attached hydrogens (tertiary/aromatic N) is 1. The molecule has 1 saturated heterocycles. The number of hydrogen-bond acceptors (Lipinski definition) is 5. The van der Waals surface area contributed by atoms with E-state index in [2.05, 4.69) is 5.32 Å². The number of carbonyl (C=O) groups excluding carboxylic acids is 2. The third kappa shape index (κ3) is 5.93. The van der Waals surface area contributed by atoms with E-state index in [1.165, 1.54) is 0 Å². The zero-order valence-corrected chi connectivity index (χ0v) is 19.3. The number of benzene rings is 2. The average molecular weight is 441 g/mol. The van der Waals surface area contributed by atoms with E-state index >= 15 is 0 Å². The van der Waals surface area contributed by atoms with Crippen molar-refractivity contribution in [2.24, 2.45) is 0 Å². The zero-order valence-electron chi connectivity index (χ0n) is 19.3. The molecule has 0 saturated carbocycles. The van der Waals surface area contributed by atoms with Crippen LogP contribution in [0.5, 0.6) is 17.2 Å². The summed E-state index contributed by atoms with van der Waals surface area (Å²) in [5.74, 6) is 1.92. The summed E-state index contributed by atoms with van der Waals surface area (Å²) in [5, 5.41) is 3.03. The number of rotatable bonds is 8. The number of aryl methyl sites for hydroxylation is 1. The number of hydrogen-bond donors (Lipinski definition) is 1. The van der Waals surface area contributed by atoms with Crippen molar-refractivity contribution in [3.63, 3.8) is 0 Å². The lowest BCUT2D eigenvalue weighted by molar-refractivity contribution is -0.131. The normalized spacial score (nSPS) is 14.1. The Morgan fingerprint density at radius 1 is 1.00 bits per heavy atom. The number of ether oxygens (including phenoxy) is 3. The Morgan fingerprint density at radius 3 is 2.41 bits per heavy atom. The number of nitrogens with one attached hydrogen (secondary N) is 1. The lowest BCUT2D eigenvalue weighted by atomic mass is 10.0. The Bertz CT molecular complexity index is 951. The first-order valence-corrected chi connectivity index (χ1v) is 10.9. The molecule has 32 heavy (non-hydrogen) atoms. The van der Waals surface area contributed by atoms with Gasteiger partial charge in [-0.25, -0.2) is 0 Å². The van der Waals surface area contributed by atoms with Crippen LogP contribution in [0.4, 0.5) is 0 Å². The van der Waals surface area contributed by atoms with Crippen molar-refractivity contribution in [2.45, 2.75) is 39.2 Å². The van der Waals surface area contributed by atoms with Crippen LogP contribution in [-0.4, -0.2) is 56.7 Å². The molecule has 3 rings (SSSR count). The molecule has 1 heterocycles. The predicted octanol–water partition coefficient (Wildman–Crippen LogP) is 3.05. The summed E-state index contributed by atoms with van der Waals surface area (Å²) in [6.07, 6.45) is 1.76. The number of methoxy groups -OCH3 is 2. The number of carbonyl (C=O) groups is 2. The minimum atomic E-state index is -0.138. The van der Waals surface area contributed by atoms with Gasteiger partial charge in [0.25, 0.3) is 5.91 Å². The van der Waals surface area contributed by atoms with Gasteiger partial charge in [0.1, 0.15) is 5.75 Å². The lowest BCUT2D eigenvalue weighted by Crippen LogP contribution is -2.47. The molecule has 0 unspecified atom stereocenters. The summed E-state index contributed by atoms with van der Waals surface area (Å²) in [6, 6.07) is 11.4. The summed E-state index contributed by atoms with van der Waals surface area (Å²) in [4.78, 5) is 26.9. The van der Waals surface area contributed by atoms with Crippen LogP contribution in [0.25, 0.3) is 0 Å². The Morgan fingerprint density at radius 2 is 1.72 bits per heavy atom. The van der Waals surface area contributed by atoms with E-state index in [9.17, 15) is 9.59 Å². The van der Waals surface area contributed by atoms with Gasteiger partial charge < -0.3 is 24.4 Å². The van der Waals surface area contributed by atoms with Crippen molar-refractivity contribution in [2.75, 3.05) is 33.9 Å². The molecule has 0 atom stereocenters. The highest BCUT2D eigenvalue weighted by molar-refractivity contribution is 5.79. The standard InChI is InChI=1S/C25H32N2O5/c1-17-6-5-7-21(18(17)2)32-16-24(28)26-20-10-12-27(13-11-20)25(29)15-19-8-9-22(30-3)23(14-19)31-4/h5-9,14,20H,10-13,15-16H2,1-4H3,(H,26,28).